The van der Waals surface area contributed by atoms with Gasteiger partial charge in [-0.1, -0.05) is 0 Å². The van der Waals surface area contributed by atoms with Crippen molar-refractivity contribution in [2.75, 3.05) is 31.6 Å². The van der Waals surface area contributed by atoms with Gasteiger partial charge in [0.05, 0.1) is 6.10 Å². The summed E-state index contributed by atoms with van der Waals surface area (Å²) in [6.45, 7) is 4.82. The molecule has 1 aliphatic heterocycles. The molecule has 0 aromatic carbocycles. The molecule has 0 amide bonds. The third-order valence-electron chi connectivity index (χ3n) is 3.85. The van der Waals surface area contributed by atoms with Gasteiger partial charge in [-0.15, -0.1) is 5.10 Å². The van der Waals surface area contributed by atoms with E-state index in [-0.39, 0.29) is 6.10 Å². The molecule has 0 aliphatic carbocycles. The first-order valence-corrected chi connectivity index (χ1v) is 7.12. The predicted molar refractivity (Wildman–Crippen MR) is 75.2 cm³/mol. The molecular weight excluding hydrogens is 242 g/mol. The number of nitrogens with one attached hydrogen (secondary N) is 1. The second-order valence-electron chi connectivity index (χ2n) is 5.36. The minimum atomic E-state index is 0.255. The van der Waals surface area contributed by atoms with E-state index in [0.717, 1.165) is 44.2 Å². The van der Waals surface area contributed by atoms with E-state index in [1.165, 1.54) is 12.8 Å². The summed E-state index contributed by atoms with van der Waals surface area (Å²) in [5.74, 6) is 2.33. The Morgan fingerprint density at radius 2 is 2.42 bits per heavy atom. The van der Waals surface area contributed by atoms with E-state index in [1.807, 2.05) is 0 Å². The minimum absolute atomic E-state index is 0.255. The third kappa shape index (κ3) is 3.91. The fraction of sp³-hybridized carbons (Fsp3) is 0.846. The van der Waals surface area contributed by atoms with Crippen molar-refractivity contribution in [2.45, 2.75) is 38.7 Å². The molecular formula is C13H25N5O. The highest BCUT2D eigenvalue weighted by molar-refractivity contribution is 5.29. The number of ether oxygens (including phenoxy) is 1. The minimum Gasteiger partial charge on any atom is -0.382 e. The second kappa shape index (κ2) is 6.86. The van der Waals surface area contributed by atoms with Crippen LogP contribution in [0.25, 0.3) is 0 Å². The summed E-state index contributed by atoms with van der Waals surface area (Å²) >= 11 is 0. The number of anilines is 1. The lowest BCUT2D eigenvalue weighted by molar-refractivity contribution is 0.111. The van der Waals surface area contributed by atoms with E-state index in [1.54, 1.807) is 7.11 Å². The summed E-state index contributed by atoms with van der Waals surface area (Å²) in [4.78, 5) is 6.81. The molecule has 2 unspecified atom stereocenters. The van der Waals surface area contributed by atoms with Crippen molar-refractivity contribution >= 4 is 5.95 Å². The van der Waals surface area contributed by atoms with Crippen molar-refractivity contribution in [1.29, 1.82) is 0 Å². The largest absolute Gasteiger partial charge is 0.382 e. The Labute approximate surface area is 114 Å². The molecule has 2 atom stereocenters. The average molecular weight is 267 g/mol. The van der Waals surface area contributed by atoms with Crippen LogP contribution in [0.5, 0.6) is 0 Å². The molecule has 0 saturated carbocycles. The van der Waals surface area contributed by atoms with Gasteiger partial charge in [-0.2, -0.15) is 4.98 Å². The zero-order chi connectivity index (χ0) is 13.7. The number of nitrogens with zero attached hydrogens (tertiary/aromatic N) is 3. The lowest BCUT2D eigenvalue weighted by Crippen LogP contribution is -2.39. The number of methoxy groups -OCH3 is 1. The number of hydrogen-bond acceptors (Lipinski definition) is 5. The van der Waals surface area contributed by atoms with Crippen LogP contribution in [0, 0.1) is 5.92 Å². The molecule has 2 rings (SSSR count). The third-order valence-corrected chi connectivity index (χ3v) is 3.85. The van der Waals surface area contributed by atoms with Gasteiger partial charge < -0.3 is 15.4 Å². The molecule has 19 heavy (non-hydrogen) atoms. The van der Waals surface area contributed by atoms with Crippen LogP contribution in [0.1, 0.15) is 32.0 Å². The standard InChI is InChI=1S/C13H25N5O/c1-10(19-2)5-6-12-15-13(17-16-12)18-7-3-4-11(8-14)9-18/h10-11H,3-9,14H2,1-2H3,(H,15,16,17). The molecule has 0 bridgehead atoms. The molecule has 6 heteroatoms. The van der Waals surface area contributed by atoms with E-state index in [9.17, 15) is 0 Å². The molecule has 0 spiro atoms. The SMILES string of the molecule is COC(C)CCc1nc(N2CCCC(CN)C2)n[nH]1. The molecule has 2 heterocycles. The number of aromatic nitrogens is 3. The monoisotopic (exact) mass is 267 g/mol. The van der Waals surface area contributed by atoms with Crippen LogP contribution in [0.4, 0.5) is 5.95 Å². The van der Waals surface area contributed by atoms with Crippen molar-refractivity contribution in [3.63, 3.8) is 0 Å². The maximum atomic E-state index is 5.76. The lowest BCUT2D eigenvalue weighted by Gasteiger charge is -2.31. The van der Waals surface area contributed by atoms with E-state index < -0.39 is 0 Å². The van der Waals surface area contributed by atoms with E-state index in [2.05, 4.69) is 27.0 Å². The molecule has 1 aromatic rings. The van der Waals surface area contributed by atoms with Crippen LogP contribution in [0.15, 0.2) is 0 Å². The Morgan fingerprint density at radius 1 is 1.58 bits per heavy atom. The summed E-state index contributed by atoms with van der Waals surface area (Å²) in [6, 6.07) is 0. The van der Waals surface area contributed by atoms with E-state index in [4.69, 9.17) is 10.5 Å². The number of piperidine rings is 1. The number of hydrogen-bond donors (Lipinski definition) is 2. The maximum absolute atomic E-state index is 5.76. The number of aryl methyl sites for hydroxylation is 1. The van der Waals surface area contributed by atoms with Crippen LogP contribution < -0.4 is 10.6 Å². The zero-order valence-electron chi connectivity index (χ0n) is 11.9. The lowest BCUT2D eigenvalue weighted by atomic mass is 9.99. The fourth-order valence-corrected chi connectivity index (χ4v) is 2.44. The maximum Gasteiger partial charge on any atom is 0.244 e. The van der Waals surface area contributed by atoms with E-state index >= 15 is 0 Å². The Kier molecular flexibility index (Phi) is 5.15. The normalized spacial score (nSPS) is 21.6. The van der Waals surface area contributed by atoms with E-state index in [0.29, 0.717) is 5.92 Å². The first kappa shape index (κ1) is 14.3. The number of H-pyrrole nitrogens is 1. The van der Waals surface area contributed by atoms with Crippen LogP contribution in [-0.2, 0) is 11.2 Å². The first-order valence-electron chi connectivity index (χ1n) is 7.12. The van der Waals surface area contributed by atoms with Gasteiger partial charge in [-0.3, -0.25) is 5.10 Å². The van der Waals surface area contributed by atoms with Gasteiger partial charge in [0.2, 0.25) is 5.95 Å². The van der Waals surface area contributed by atoms with Crippen molar-refractivity contribution in [1.82, 2.24) is 15.2 Å². The Bertz CT molecular complexity index is 381. The summed E-state index contributed by atoms with van der Waals surface area (Å²) in [6.07, 6.45) is 4.47. The van der Waals surface area contributed by atoms with Gasteiger partial charge in [0.25, 0.3) is 0 Å². The molecule has 3 N–H and O–H groups in total. The number of nitrogens with two attached hydrogens (primary N) is 1. The number of aromatic amines is 1. The van der Waals surface area contributed by atoms with Crippen molar-refractivity contribution in [3.8, 4) is 0 Å². The Balaban J connectivity index is 1.89. The van der Waals surface area contributed by atoms with Crippen LogP contribution in [-0.4, -0.2) is 48.0 Å². The fourth-order valence-electron chi connectivity index (χ4n) is 2.44. The smallest absolute Gasteiger partial charge is 0.244 e. The predicted octanol–water partition coefficient (Wildman–Crippen LogP) is 0.947. The topological polar surface area (TPSA) is 80.1 Å². The Hall–Kier alpha value is -1.14. The van der Waals surface area contributed by atoms with Gasteiger partial charge in [0, 0.05) is 26.6 Å². The Morgan fingerprint density at radius 3 is 3.16 bits per heavy atom. The van der Waals surface area contributed by atoms with Crippen LogP contribution >= 0.6 is 0 Å². The van der Waals surface area contributed by atoms with Crippen LogP contribution in [0.2, 0.25) is 0 Å². The van der Waals surface area contributed by atoms with Crippen molar-refractivity contribution in [2.24, 2.45) is 11.7 Å². The van der Waals surface area contributed by atoms with Gasteiger partial charge in [-0.05, 0) is 38.6 Å². The summed E-state index contributed by atoms with van der Waals surface area (Å²) < 4.78 is 5.24. The van der Waals surface area contributed by atoms with Gasteiger partial charge in [0.15, 0.2) is 0 Å². The van der Waals surface area contributed by atoms with Gasteiger partial charge in [0.1, 0.15) is 5.82 Å². The molecule has 1 aromatic heterocycles. The highest BCUT2D eigenvalue weighted by Gasteiger charge is 2.21. The molecule has 6 nitrogen and oxygen atoms in total. The van der Waals surface area contributed by atoms with Crippen molar-refractivity contribution in [3.05, 3.63) is 5.82 Å². The molecule has 108 valence electrons. The number of rotatable bonds is 6. The second-order valence-corrected chi connectivity index (χ2v) is 5.36. The summed E-state index contributed by atoms with van der Waals surface area (Å²) in [5, 5.41) is 7.35. The van der Waals surface area contributed by atoms with Gasteiger partial charge >= 0.3 is 0 Å². The van der Waals surface area contributed by atoms with Gasteiger partial charge in [-0.25, -0.2) is 0 Å². The highest BCUT2D eigenvalue weighted by atomic mass is 16.5. The molecule has 1 aliphatic rings. The van der Waals surface area contributed by atoms with Crippen LogP contribution in [0.3, 0.4) is 0 Å². The summed E-state index contributed by atoms with van der Waals surface area (Å²) in [7, 11) is 1.73. The zero-order valence-corrected chi connectivity index (χ0v) is 11.9. The molecule has 1 saturated heterocycles. The highest BCUT2D eigenvalue weighted by Crippen LogP contribution is 2.19. The summed E-state index contributed by atoms with van der Waals surface area (Å²) in [5.41, 5.74) is 5.76. The first-order chi connectivity index (χ1) is 9.22. The van der Waals surface area contributed by atoms with Crippen molar-refractivity contribution < 1.29 is 4.74 Å². The quantitative estimate of drug-likeness (QED) is 0.802. The molecule has 1 fully saturated rings. The molecule has 0 radical (unpaired) electrons. The average Bonchev–Trinajstić information content (AvgIpc) is 2.93.